The van der Waals surface area contributed by atoms with E-state index in [9.17, 15) is 5.11 Å². The van der Waals surface area contributed by atoms with Crippen molar-refractivity contribution in [2.24, 2.45) is 0 Å². The van der Waals surface area contributed by atoms with Crippen LogP contribution in [0.4, 0.5) is 0 Å². The molecule has 1 N–H and O–H groups in total. The molecule has 74 valence electrons. The Hall–Kier alpha value is -0.0300. The summed E-state index contributed by atoms with van der Waals surface area (Å²) in [7, 11) is 0. The van der Waals surface area contributed by atoms with Gasteiger partial charge in [0.2, 0.25) is 0 Å². The van der Waals surface area contributed by atoms with Gasteiger partial charge >= 0.3 is 0 Å². The second-order valence-electron chi connectivity index (χ2n) is 2.98. The van der Waals surface area contributed by atoms with Crippen LogP contribution in [0, 0.1) is 0 Å². The molecular formula is C10H9BrOS2. The van der Waals surface area contributed by atoms with E-state index in [1.807, 2.05) is 11.4 Å². The molecule has 0 amide bonds. The van der Waals surface area contributed by atoms with Crippen molar-refractivity contribution in [3.8, 4) is 0 Å². The third-order valence-corrected chi connectivity index (χ3v) is 4.08. The topological polar surface area (TPSA) is 20.2 Å². The van der Waals surface area contributed by atoms with Crippen molar-refractivity contribution < 1.29 is 5.11 Å². The summed E-state index contributed by atoms with van der Waals surface area (Å²) < 4.78 is 1.18. The Morgan fingerprint density at radius 2 is 2.21 bits per heavy atom. The van der Waals surface area contributed by atoms with Gasteiger partial charge in [-0.1, -0.05) is 15.9 Å². The van der Waals surface area contributed by atoms with Crippen LogP contribution in [0.5, 0.6) is 0 Å². The molecule has 0 spiro atoms. The number of hydrogen-bond acceptors (Lipinski definition) is 3. The molecule has 0 aliphatic rings. The van der Waals surface area contributed by atoms with E-state index < -0.39 is 0 Å². The highest BCUT2D eigenvalue weighted by molar-refractivity contribution is 9.08. The Kier molecular flexibility index (Phi) is 3.17. The monoisotopic (exact) mass is 288 g/mol. The summed E-state index contributed by atoms with van der Waals surface area (Å²) in [5.41, 5.74) is 2.08. The number of fused-ring (bicyclic) bond motifs is 1. The fraction of sp³-hybridized carbons (Fsp3) is 0.200. The van der Waals surface area contributed by atoms with Crippen molar-refractivity contribution in [2.45, 2.75) is 16.8 Å². The van der Waals surface area contributed by atoms with Crippen molar-refractivity contribution in [1.29, 1.82) is 0 Å². The van der Waals surface area contributed by atoms with Crippen LogP contribution in [0.2, 0.25) is 0 Å². The number of thiol groups is 1. The molecule has 14 heavy (non-hydrogen) atoms. The lowest BCUT2D eigenvalue weighted by atomic mass is 10.1. The van der Waals surface area contributed by atoms with Gasteiger partial charge in [0.05, 0.1) is 6.61 Å². The van der Waals surface area contributed by atoms with Crippen LogP contribution >= 0.6 is 39.9 Å². The van der Waals surface area contributed by atoms with Crippen LogP contribution in [-0.2, 0) is 11.9 Å². The minimum Gasteiger partial charge on any atom is -0.392 e. The normalized spacial score (nSPS) is 11.1. The number of aliphatic hydroxyl groups is 1. The highest BCUT2D eigenvalue weighted by atomic mass is 79.9. The first-order valence-corrected chi connectivity index (χ1v) is 6.60. The Morgan fingerprint density at radius 1 is 1.43 bits per heavy atom. The smallest absolute Gasteiger partial charge is 0.0691 e. The molecule has 0 saturated carbocycles. The maximum Gasteiger partial charge on any atom is 0.0691 e. The standard InChI is InChI=1S/C10H9BrOS2/c11-4-7-8(5-12)6-1-2-14-10(6)3-9(7)13/h1-3,12-13H,4-5H2. The molecule has 0 radical (unpaired) electrons. The number of alkyl halides is 1. The number of halogens is 1. The molecule has 1 aromatic heterocycles. The van der Waals surface area contributed by atoms with E-state index in [1.54, 1.807) is 11.3 Å². The van der Waals surface area contributed by atoms with Crippen molar-refractivity contribution in [1.82, 2.24) is 0 Å². The largest absolute Gasteiger partial charge is 0.392 e. The highest BCUT2D eigenvalue weighted by Gasteiger charge is 2.10. The molecule has 4 heteroatoms. The van der Waals surface area contributed by atoms with Gasteiger partial charge in [0.25, 0.3) is 0 Å². The number of benzene rings is 1. The Bertz CT molecular complexity index is 464. The first-order valence-electron chi connectivity index (χ1n) is 4.15. The van der Waals surface area contributed by atoms with Crippen LogP contribution in [0.25, 0.3) is 10.1 Å². The Labute approximate surface area is 100 Å². The molecule has 0 bridgehead atoms. The second-order valence-corrected chi connectivity index (χ2v) is 4.97. The molecule has 0 aliphatic carbocycles. The SMILES string of the molecule is OCc1c(CBr)c(S)cc2sccc12. The molecular weight excluding hydrogens is 280 g/mol. The molecule has 0 aliphatic heterocycles. The average Bonchev–Trinajstić information content (AvgIpc) is 2.62. The van der Waals surface area contributed by atoms with Gasteiger partial charge < -0.3 is 5.11 Å². The summed E-state index contributed by atoms with van der Waals surface area (Å²) in [4.78, 5) is 0.945. The van der Waals surface area contributed by atoms with E-state index in [1.165, 1.54) is 4.70 Å². The zero-order chi connectivity index (χ0) is 10.1. The lowest BCUT2D eigenvalue weighted by Crippen LogP contribution is -1.93. The van der Waals surface area contributed by atoms with E-state index in [4.69, 9.17) is 0 Å². The summed E-state index contributed by atoms with van der Waals surface area (Å²) in [5.74, 6) is 0. The first-order chi connectivity index (χ1) is 6.77. The van der Waals surface area contributed by atoms with Crippen LogP contribution in [0.3, 0.4) is 0 Å². The fourth-order valence-electron chi connectivity index (χ4n) is 1.54. The van der Waals surface area contributed by atoms with Gasteiger partial charge in [-0.3, -0.25) is 0 Å². The van der Waals surface area contributed by atoms with Gasteiger partial charge in [0.15, 0.2) is 0 Å². The molecule has 0 saturated heterocycles. The second kappa shape index (κ2) is 4.23. The molecule has 0 fully saturated rings. The van der Waals surface area contributed by atoms with Gasteiger partial charge in [0.1, 0.15) is 0 Å². The third-order valence-electron chi connectivity index (χ3n) is 2.25. The van der Waals surface area contributed by atoms with Gasteiger partial charge in [-0.2, -0.15) is 0 Å². The predicted molar refractivity (Wildman–Crippen MR) is 67.6 cm³/mol. The number of thiophene rings is 1. The Balaban J connectivity index is 2.82. The summed E-state index contributed by atoms with van der Waals surface area (Å²) in [6.45, 7) is 0.0720. The van der Waals surface area contributed by atoms with Crippen molar-refractivity contribution in [2.75, 3.05) is 0 Å². The Morgan fingerprint density at radius 3 is 2.86 bits per heavy atom. The summed E-state index contributed by atoms with van der Waals surface area (Å²) in [6.07, 6.45) is 0. The third kappa shape index (κ3) is 1.60. The molecule has 1 nitrogen and oxygen atoms in total. The van der Waals surface area contributed by atoms with E-state index in [2.05, 4.69) is 34.6 Å². The van der Waals surface area contributed by atoms with Crippen LogP contribution in [0.1, 0.15) is 11.1 Å². The van der Waals surface area contributed by atoms with Crippen molar-refractivity contribution >= 4 is 50.0 Å². The lowest BCUT2D eigenvalue weighted by Gasteiger charge is -2.09. The quantitative estimate of drug-likeness (QED) is 0.639. The van der Waals surface area contributed by atoms with Crippen LogP contribution in [-0.4, -0.2) is 5.11 Å². The molecule has 2 rings (SSSR count). The van der Waals surface area contributed by atoms with E-state index in [0.29, 0.717) is 0 Å². The number of rotatable bonds is 2. The molecule has 0 unspecified atom stereocenters. The van der Waals surface area contributed by atoms with E-state index in [-0.39, 0.29) is 6.61 Å². The average molecular weight is 289 g/mol. The minimum atomic E-state index is 0.0720. The lowest BCUT2D eigenvalue weighted by molar-refractivity contribution is 0.282. The van der Waals surface area contributed by atoms with Gasteiger partial charge in [-0.05, 0) is 34.0 Å². The highest BCUT2D eigenvalue weighted by Crippen LogP contribution is 2.32. The predicted octanol–water partition coefficient (Wildman–Crippen LogP) is 3.58. The molecule has 1 aromatic carbocycles. The van der Waals surface area contributed by atoms with Gasteiger partial charge in [-0.15, -0.1) is 24.0 Å². The van der Waals surface area contributed by atoms with E-state index in [0.717, 1.165) is 26.7 Å². The fourth-order valence-corrected chi connectivity index (χ4v) is 3.68. The van der Waals surface area contributed by atoms with Crippen LogP contribution in [0.15, 0.2) is 22.4 Å². The van der Waals surface area contributed by atoms with Gasteiger partial charge in [0, 0.05) is 14.9 Å². The van der Waals surface area contributed by atoms with Crippen LogP contribution < -0.4 is 0 Å². The maximum atomic E-state index is 9.34. The molecule has 0 atom stereocenters. The van der Waals surface area contributed by atoms with Crippen molar-refractivity contribution in [3.05, 3.63) is 28.6 Å². The first kappa shape index (κ1) is 10.5. The molecule has 2 aromatic rings. The minimum absolute atomic E-state index is 0.0720. The van der Waals surface area contributed by atoms with E-state index >= 15 is 0 Å². The zero-order valence-electron chi connectivity index (χ0n) is 7.33. The summed E-state index contributed by atoms with van der Waals surface area (Å²) >= 11 is 9.51. The van der Waals surface area contributed by atoms with Gasteiger partial charge in [-0.25, -0.2) is 0 Å². The molecule has 1 heterocycles. The summed E-state index contributed by atoms with van der Waals surface area (Å²) in [6, 6.07) is 4.10. The van der Waals surface area contributed by atoms with Crippen molar-refractivity contribution in [3.63, 3.8) is 0 Å². The maximum absolute atomic E-state index is 9.34. The summed E-state index contributed by atoms with van der Waals surface area (Å²) in [5, 5.41) is 13.2. The zero-order valence-corrected chi connectivity index (χ0v) is 10.6. The number of hydrogen-bond donors (Lipinski definition) is 2. The number of aliphatic hydroxyl groups excluding tert-OH is 1.